The van der Waals surface area contributed by atoms with Crippen LogP contribution in [0.1, 0.15) is 26.7 Å². The lowest BCUT2D eigenvalue weighted by Gasteiger charge is -2.15. The molecule has 25 heavy (non-hydrogen) atoms. The van der Waals surface area contributed by atoms with E-state index in [1.807, 2.05) is 24.0 Å². The quantitative estimate of drug-likeness (QED) is 0.397. The molecule has 0 bridgehead atoms. The Bertz CT molecular complexity index is 1020. The number of hydrogen-bond acceptors (Lipinski definition) is 4. The van der Waals surface area contributed by atoms with E-state index in [4.69, 9.17) is 9.47 Å². The summed E-state index contributed by atoms with van der Waals surface area (Å²) in [5.74, 6) is 1.28. The average molecular weight is 336 g/mol. The number of rotatable bonds is 6. The van der Waals surface area contributed by atoms with Gasteiger partial charge in [-0.15, -0.1) is 0 Å². The molecule has 0 fully saturated rings. The summed E-state index contributed by atoms with van der Waals surface area (Å²) in [7, 11) is 2.01. The van der Waals surface area contributed by atoms with Crippen LogP contribution in [0.25, 0.3) is 32.6 Å². The van der Waals surface area contributed by atoms with E-state index in [0.717, 1.165) is 45.4 Å². The van der Waals surface area contributed by atoms with Crippen molar-refractivity contribution in [3.05, 3.63) is 30.6 Å². The van der Waals surface area contributed by atoms with Gasteiger partial charge in [0.05, 0.1) is 25.6 Å². The first-order chi connectivity index (χ1) is 12.2. The van der Waals surface area contributed by atoms with E-state index < -0.39 is 0 Å². The third-order valence-electron chi connectivity index (χ3n) is 4.42. The molecule has 0 radical (unpaired) electrons. The van der Waals surface area contributed by atoms with Crippen LogP contribution in [0.15, 0.2) is 30.6 Å². The van der Waals surface area contributed by atoms with E-state index >= 15 is 0 Å². The van der Waals surface area contributed by atoms with Crippen molar-refractivity contribution in [1.29, 1.82) is 0 Å². The van der Waals surface area contributed by atoms with Gasteiger partial charge in [-0.1, -0.05) is 13.8 Å². The zero-order valence-electron chi connectivity index (χ0n) is 14.9. The number of nitrogens with zero attached hydrogens (tertiary/aromatic N) is 3. The van der Waals surface area contributed by atoms with Crippen LogP contribution in [0, 0.1) is 0 Å². The fourth-order valence-electron chi connectivity index (χ4n) is 3.26. The van der Waals surface area contributed by atoms with Crippen molar-refractivity contribution in [1.82, 2.24) is 9.97 Å². The van der Waals surface area contributed by atoms with E-state index in [2.05, 4.69) is 42.0 Å². The molecule has 5 heteroatoms. The molecule has 128 valence electrons. The van der Waals surface area contributed by atoms with Crippen LogP contribution in [-0.2, 0) is 7.05 Å². The van der Waals surface area contributed by atoms with Gasteiger partial charge < -0.3 is 9.47 Å². The zero-order valence-corrected chi connectivity index (χ0v) is 14.9. The number of benzene rings is 2. The first kappa shape index (κ1) is 15.8. The van der Waals surface area contributed by atoms with Crippen molar-refractivity contribution in [2.24, 2.45) is 7.05 Å². The molecule has 0 N–H and O–H groups in total. The number of ether oxygens (including phenoxy) is 2. The minimum absolute atomic E-state index is 0.635. The molecule has 4 rings (SSSR count). The van der Waals surface area contributed by atoms with Gasteiger partial charge in [-0.05, 0) is 42.1 Å². The van der Waals surface area contributed by atoms with Crippen molar-refractivity contribution in [3.8, 4) is 11.8 Å². The van der Waals surface area contributed by atoms with Gasteiger partial charge in [0.25, 0.3) is 6.33 Å². The molecule has 4 aromatic rings. The van der Waals surface area contributed by atoms with Crippen LogP contribution in [0.2, 0.25) is 0 Å². The molecule has 0 atom stereocenters. The standard InChI is InChI=1S/C20H22N3O2/c1-4-10-24-19-13-6-8-15-18-16(23(3)12-21-15)9-7-14(17(13)18)20(22-19)25-11-5-2/h6-9,12H,4-5,10-11H2,1-3H3/q+1. The lowest BCUT2D eigenvalue weighted by atomic mass is 10.00. The molecule has 2 aromatic carbocycles. The predicted octanol–water partition coefficient (Wildman–Crippen LogP) is 3.78. The third-order valence-corrected chi connectivity index (χ3v) is 4.42. The van der Waals surface area contributed by atoms with Gasteiger partial charge >= 0.3 is 0 Å². The number of hydrogen-bond donors (Lipinski definition) is 0. The van der Waals surface area contributed by atoms with Gasteiger partial charge in [-0.2, -0.15) is 4.98 Å². The second kappa shape index (κ2) is 6.31. The molecular weight excluding hydrogens is 314 g/mol. The summed E-state index contributed by atoms with van der Waals surface area (Å²) in [5, 5.41) is 4.27. The Balaban J connectivity index is 2.10. The lowest BCUT2D eigenvalue weighted by molar-refractivity contribution is -0.647. The molecule has 0 saturated carbocycles. The largest absolute Gasteiger partial charge is 0.477 e. The highest BCUT2D eigenvalue weighted by molar-refractivity contribution is 6.22. The smallest absolute Gasteiger partial charge is 0.287 e. The second-order valence-electron chi connectivity index (χ2n) is 6.29. The maximum Gasteiger partial charge on any atom is 0.287 e. The van der Waals surface area contributed by atoms with Crippen LogP contribution in [0.5, 0.6) is 11.8 Å². The highest BCUT2D eigenvalue weighted by Crippen LogP contribution is 2.40. The molecule has 0 saturated heterocycles. The fraction of sp³-hybridized carbons (Fsp3) is 0.350. The van der Waals surface area contributed by atoms with Crippen molar-refractivity contribution in [2.75, 3.05) is 13.2 Å². The van der Waals surface area contributed by atoms with Crippen molar-refractivity contribution in [2.45, 2.75) is 26.7 Å². The lowest BCUT2D eigenvalue weighted by Crippen LogP contribution is -2.29. The second-order valence-corrected chi connectivity index (χ2v) is 6.29. The molecule has 5 nitrogen and oxygen atoms in total. The molecule has 2 heterocycles. The summed E-state index contributed by atoms with van der Waals surface area (Å²) in [6.45, 7) is 5.45. The predicted molar refractivity (Wildman–Crippen MR) is 98.5 cm³/mol. The van der Waals surface area contributed by atoms with Gasteiger partial charge in [-0.25, -0.2) is 4.57 Å². The van der Waals surface area contributed by atoms with Crippen LogP contribution in [0.4, 0.5) is 0 Å². The Morgan fingerprint density at radius 1 is 0.880 bits per heavy atom. The van der Waals surface area contributed by atoms with Gasteiger partial charge in [0, 0.05) is 16.2 Å². The van der Waals surface area contributed by atoms with Crippen LogP contribution >= 0.6 is 0 Å². The van der Waals surface area contributed by atoms with E-state index in [-0.39, 0.29) is 0 Å². The Morgan fingerprint density at radius 2 is 1.52 bits per heavy atom. The maximum atomic E-state index is 5.94. The van der Waals surface area contributed by atoms with E-state index in [9.17, 15) is 0 Å². The number of pyridine rings is 1. The normalized spacial score (nSPS) is 11.6. The molecule has 0 aliphatic heterocycles. The summed E-state index contributed by atoms with van der Waals surface area (Å²) in [4.78, 5) is 9.26. The molecule has 2 aromatic heterocycles. The third kappa shape index (κ3) is 2.51. The molecule has 0 amide bonds. The van der Waals surface area contributed by atoms with Crippen LogP contribution < -0.4 is 14.0 Å². The summed E-state index contributed by atoms with van der Waals surface area (Å²) in [6, 6.07) is 8.29. The van der Waals surface area contributed by atoms with Gasteiger partial charge in [0.1, 0.15) is 5.52 Å². The zero-order chi connectivity index (χ0) is 17.4. The van der Waals surface area contributed by atoms with Gasteiger partial charge in [-0.3, -0.25) is 0 Å². The van der Waals surface area contributed by atoms with E-state index in [1.54, 1.807) is 0 Å². The molecule has 0 aliphatic carbocycles. The summed E-state index contributed by atoms with van der Waals surface area (Å²) >= 11 is 0. The fourth-order valence-corrected chi connectivity index (χ4v) is 3.26. The van der Waals surface area contributed by atoms with E-state index in [1.165, 1.54) is 0 Å². The minimum atomic E-state index is 0.635. The first-order valence-electron chi connectivity index (χ1n) is 8.83. The Kier molecular flexibility index (Phi) is 3.99. The topological polar surface area (TPSA) is 48.1 Å². The number of aromatic nitrogens is 3. The monoisotopic (exact) mass is 336 g/mol. The summed E-state index contributed by atoms with van der Waals surface area (Å²) in [5.41, 5.74) is 2.11. The highest BCUT2D eigenvalue weighted by atomic mass is 16.5. The first-order valence-corrected chi connectivity index (χ1v) is 8.83. The van der Waals surface area contributed by atoms with Gasteiger partial charge in [0.15, 0.2) is 5.52 Å². The number of aryl methyl sites for hydroxylation is 1. The summed E-state index contributed by atoms with van der Waals surface area (Å²) in [6.07, 6.45) is 3.72. The Morgan fingerprint density at radius 3 is 2.16 bits per heavy atom. The minimum Gasteiger partial charge on any atom is -0.477 e. The molecule has 0 aliphatic rings. The van der Waals surface area contributed by atoms with Crippen LogP contribution in [-0.4, -0.2) is 23.2 Å². The molecule has 0 spiro atoms. The van der Waals surface area contributed by atoms with Crippen molar-refractivity contribution >= 4 is 32.6 Å². The molecule has 0 unspecified atom stereocenters. The van der Waals surface area contributed by atoms with E-state index in [0.29, 0.717) is 25.0 Å². The van der Waals surface area contributed by atoms with Gasteiger partial charge in [0.2, 0.25) is 11.8 Å². The average Bonchev–Trinajstić information content (AvgIpc) is 2.65. The molecular formula is C20H22N3O2+. The van der Waals surface area contributed by atoms with Crippen LogP contribution in [0.3, 0.4) is 0 Å². The SMILES string of the molecule is CCCOc1nc(OCCC)c2ccc3c4c(ccc1c24)nc[n+]3C. The van der Waals surface area contributed by atoms with Crippen molar-refractivity contribution < 1.29 is 14.0 Å². The highest BCUT2D eigenvalue weighted by Gasteiger charge is 2.21. The Labute approximate surface area is 146 Å². The maximum absolute atomic E-state index is 5.94. The Hall–Kier alpha value is -2.69. The van der Waals surface area contributed by atoms with Crippen molar-refractivity contribution in [3.63, 3.8) is 0 Å². The summed E-state index contributed by atoms with van der Waals surface area (Å²) < 4.78 is 13.9.